The van der Waals surface area contributed by atoms with E-state index in [1.165, 1.54) is 4.88 Å². The molecule has 1 saturated heterocycles. The lowest BCUT2D eigenvalue weighted by atomic mass is 10.2. The van der Waals surface area contributed by atoms with Gasteiger partial charge in [0.2, 0.25) is 5.91 Å². The van der Waals surface area contributed by atoms with E-state index in [9.17, 15) is 9.59 Å². The molecule has 184 valence electrons. The van der Waals surface area contributed by atoms with E-state index >= 15 is 0 Å². The van der Waals surface area contributed by atoms with Crippen LogP contribution in [-0.2, 0) is 22.6 Å². The van der Waals surface area contributed by atoms with Gasteiger partial charge in [0, 0.05) is 40.2 Å². The summed E-state index contributed by atoms with van der Waals surface area (Å²) >= 11 is 7.65. The summed E-state index contributed by atoms with van der Waals surface area (Å²) in [5.41, 5.74) is 1.67. The van der Waals surface area contributed by atoms with Gasteiger partial charge in [-0.25, -0.2) is 4.79 Å². The molecule has 3 aromatic rings. The van der Waals surface area contributed by atoms with Crippen molar-refractivity contribution in [3.63, 3.8) is 0 Å². The second kappa shape index (κ2) is 12.2. The number of nitrogens with zero attached hydrogens (tertiary/aromatic N) is 2. The first kappa shape index (κ1) is 25.2. The predicted molar refractivity (Wildman–Crippen MR) is 141 cm³/mol. The van der Waals surface area contributed by atoms with E-state index in [2.05, 4.69) is 24.4 Å². The van der Waals surface area contributed by atoms with Crippen molar-refractivity contribution in [2.24, 2.45) is 0 Å². The maximum Gasteiger partial charge on any atom is 0.322 e. The fraction of sp³-hybridized carbons (Fsp3) is 0.333. The average molecular weight is 512 g/mol. The topological polar surface area (TPSA) is 61.9 Å². The summed E-state index contributed by atoms with van der Waals surface area (Å²) in [6, 6.07) is 20.6. The number of aryl methyl sites for hydroxylation is 1. The largest absolute Gasteiger partial charge is 0.376 e. The molecule has 1 aliphatic rings. The van der Waals surface area contributed by atoms with E-state index in [1.54, 1.807) is 40.5 Å². The van der Waals surface area contributed by atoms with Crippen LogP contribution in [0.5, 0.6) is 0 Å². The molecule has 1 atom stereocenters. The molecule has 2 heterocycles. The molecule has 35 heavy (non-hydrogen) atoms. The second-order valence-corrected chi connectivity index (χ2v) is 10.5. The van der Waals surface area contributed by atoms with Crippen LogP contribution in [0.15, 0.2) is 66.7 Å². The molecular weight excluding hydrogens is 482 g/mol. The zero-order chi connectivity index (χ0) is 24.6. The highest BCUT2D eigenvalue weighted by Gasteiger charge is 2.27. The number of rotatable bonds is 9. The highest BCUT2D eigenvalue weighted by molar-refractivity contribution is 7.11. The minimum Gasteiger partial charge on any atom is -0.376 e. The van der Waals surface area contributed by atoms with Crippen molar-refractivity contribution in [3.05, 3.63) is 87.1 Å². The third-order valence-electron chi connectivity index (χ3n) is 5.87. The summed E-state index contributed by atoms with van der Waals surface area (Å²) in [6.07, 6.45) is 1.77. The molecule has 0 aliphatic carbocycles. The molecule has 3 amide bonds. The molecule has 0 bridgehead atoms. The fourth-order valence-electron chi connectivity index (χ4n) is 4.05. The zero-order valence-corrected chi connectivity index (χ0v) is 21.4. The third kappa shape index (κ3) is 7.56. The lowest BCUT2D eigenvalue weighted by Gasteiger charge is -2.29. The zero-order valence-electron chi connectivity index (χ0n) is 19.8. The standard InChI is InChI=1S/C27H30ClN3O3S/c1-20-9-14-25(35-20)18-30(16-21-6-3-2-4-7-21)26(32)19-31(17-24-8-5-15-34-24)27(33)29-23-12-10-22(28)11-13-23/h2-4,6-7,9-14,24H,5,8,15-19H2,1H3,(H,29,33). The molecular formula is C27H30ClN3O3S. The molecule has 1 unspecified atom stereocenters. The molecule has 6 nitrogen and oxygen atoms in total. The number of benzene rings is 2. The maximum absolute atomic E-state index is 13.6. The Morgan fingerprint density at radius 1 is 1.03 bits per heavy atom. The van der Waals surface area contributed by atoms with Gasteiger partial charge < -0.3 is 19.9 Å². The highest BCUT2D eigenvalue weighted by atomic mass is 35.5. The Balaban J connectivity index is 1.50. The molecule has 1 aromatic heterocycles. The number of carbonyl (C=O) groups excluding carboxylic acids is 2. The molecule has 1 N–H and O–H groups in total. The minimum atomic E-state index is -0.331. The summed E-state index contributed by atoms with van der Waals surface area (Å²) in [5.74, 6) is -0.107. The van der Waals surface area contributed by atoms with E-state index in [1.807, 2.05) is 35.2 Å². The number of amides is 3. The number of hydrogen-bond acceptors (Lipinski definition) is 4. The quantitative estimate of drug-likeness (QED) is 0.386. The van der Waals surface area contributed by atoms with E-state index in [-0.39, 0.29) is 24.6 Å². The molecule has 4 rings (SSSR count). The van der Waals surface area contributed by atoms with Gasteiger partial charge in [0.05, 0.1) is 12.6 Å². The maximum atomic E-state index is 13.6. The predicted octanol–water partition coefficient (Wildman–Crippen LogP) is 5.95. The number of halogens is 1. The Kier molecular flexibility index (Phi) is 8.79. The van der Waals surface area contributed by atoms with Gasteiger partial charge in [-0.1, -0.05) is 41.9 Å². The molecule has 2 aromatic carbocycles. The number of anilines is 1. The van der Waals surface area contributed by atoms with Crippen molar-refractivity contribution in [2.45, 2.75) is 39.0 Å². The first-order chi connectivity index (χ1) is 17.0. The fourth-order valence-corrected chi connectivity index (χ4v) is 5.08. The lowest BCUT2D eigenvalue weighted by molar-refractivity contribution is -0.133. The van der Waals surface area contributed by atoms with Crippen LogP contribution in [0.25, 0.3) is 0 Å². The second-order valence-electron chi connectivity index (χ2n) is 8.70. The van der Waals surface area contributed by atoms with Gasteiger partial charge in [-0.3, -0.25) is 4.79 Å². The van der Waals surface area contributed by atoms with Gasteiger partial charge in [0.25, 0.3) is 0 Å². The molecule has 0 saturated carbocycles. The van der Waals surface area contributed by atoms with Gasteiger partial charge in [-0.15, -0.1) is 11.3 Å². The normalized spacial score (nSPS) is 15.1. The minimum absolute atomic E-state index is 0.0313. The number of nitrogens with one attached hydrogen (secondary N) is 1. The molecule has 0 spiro atoms. The lowest BCUT2D eigenvalue weighted by Crippen LogP contribution is -2.46. The van der Waals surface area contributed by atoms with Crippen molar-refractivity contribution in [3.8, 4) is 0 Å². The molecule has 1 fully saturated rings. The van der Waals surface area contributed by atoms with Crippen LogP contribution >= 0.6 is 22.9 Å². The van der Waals surface area contributed by atoms with E-state index < -0.39 is 0 Å². The van der Waals surface area contributed by atoms with Crippen LogP contribution in [0.3, 0.4) is 0 Å². The Labute approximate surface area is 215 Å². The first-order valence-corrected chi connectivity index (χ1v) is 13.0. The highest BCUT2D eigenvalue weighted by Crippen LogP contribution is 2.20. The van der Waals surface area contributed by atoms with Gasteiger partial charge in [-0.05, 0) is 61.7 Å². The molecule has 8 heteroatoms. The summed E-state index contributed by atoms with van der Waals surface area (Å²) in [5, 5.41) is 3.49. The van der Waals surface area contributed by atoms with Crippen LogP contribution in [0.1, 0.15) is 28.2 Å². The van der Waals surface area contributed by atoms with Crippen molar-refractivity contribution in [1.29, 1.82) is 0 Å². The van der Waals surface area contributed by atoms with Crippen LogP contribution in [0.2, 0.25) is 5.02 Å². The van der Waals surface area contributed by atoms with E-state index in [4.69, 9.17) is 16.3 Å². The summed E-state index contributed by atoms with van der Waals surface area (Å²) in [7, 11) is 0. The Morgan fingerprint density at radius 3 is 2.46 bits per heavy atom. The molecule has 1 aliphatic heterocycles. The number of urea groups is 1. The number of thiophene rings is 1. The number of carbonyl (C=O) groups is 2. The third-order valence-corrected chi connectivity index (χ3v) is 7.11. The van der Waals surface area contributed by atoms with Gasteiger partial charge in [0.15, 0.2) is 0 Å². The summed E-state index contributed by atoms with van der Waals surface area (Å²) in [6.45, 7) is 4.05. The Bertz CT molecular complexity index is 1110. The van der Waals surface area contributed by atoms with Gasteiger partial charge >= 0.3 is 6.03 Å². The van der Waals surface area contributed by atoms with Gasteiger partial charge in [0.1, 0.15) is 6.54 Å². The Hall–Kier alpha value is -2.87. The molecule has 0 radical (unpaired) electrons. The monoisotopic (exact) mass is 511 g/mol. The van der Waals surface area contributed by atoms with Gasteiger partial charge in [-0.2, -0.15) is 0 Å². The van der Waals surface area contributed by atoms with Crippen LogP contribution in [0, 0.1) is 6.92 Å². The van der Waals surface area contributed by atoms with Crippen molar-refractivity contribution in [1.82, 2.24) is 9.80 Å². The average Bonchev–Trinajstić information content (AvgIpc) is 3.52. The van der Waals surface area contributed by atoms with Crippen LogP contribution in [0.4, 0.5) is 10.5 Å². The van der Waals surface area contributed by atoms with Crippen molar-refractivity contribution >= 4 is 40.6 Å². The van der Waals surface area contributed by atoms with E-state index in [0.29, 0.717) is 37.0 Å². The Morgan fingerprint density at radius 2 is 1.80 bits per heavy atom. The summed E-state index contributed by atoms with van der Waals surface area (Å²) < 4.78 is 5.77. The summed E-state index contributed by atoms with van der Waals surface area (Å²) in [4.78, 5) is 32.5. The SMILES string of the molecule is Cc1ccc(CN(Cc2ccccc2)C(=O)CN(CC2CCCO2)C(=O)Nc2ccc(Cl)cc2)s1. The van der Waals surface area contributed by atoms with Crippen molar-refractivity contribution in [2.75, 3.05) is 25.0 Å². The smallest absolute Gasteiger partial charge is 0.322 e. The number of hydrogen-bond donors (Lipinski definition) is 1. The first-order valence-electron chi connectivity index (χ1n) is 11.8. The van der Waals surface area contributed by atoms with Crippen LogP contribution in [-0.4, -0.2) is 47.5 Å². The van der Waals surface area contributed by atoms with Crippen LogP contribution < -0.4 is 5.32 Å². The number of ether oxygens (including phenoxy) is 1. The van der Waals surface area contributed by atoms with E-state index in [0.717, 1.165) is 23.3 Å². The van der Waals surface area contributed by atoms with Crippen molar-refractivity contribution < 1.29 is 14.3 Å².